The molecule has 1 aliphatic carbocycles. The molecule has 0 amide bonds. The topological polar surface area (TPSA) is 26.7 Å². The summed E-state index contributed by atoms with van der Waals surface area (Å²) < 4.78 is 0. The van der Waals surface area contributed by atoms with E-state index in [2.05, 4.69) is 37.6 Å². The van der Waals surface area contributed by atoms with Gasteiger partial charge in [-0.3, -0.25) is 0 Å². The van der Waals surface area contributed by atoms with Crippen LogP contribution in [0.5, 0.6) is 0 Å². The lowest BCUT2D eigenvalue weighted by atomic mass is 9.91. The Hall–Kier alpha value is -0.120. The molecular formula is C18H40N2O. The molecule has 0 bridgehead atoms. The van der Waals surface area contributed by atoms with Crippen LogP contribution in [0, 0.1) is 5.92 Å². The summed E-state index contributed by atoms with van der Waals surface area (Å²) in [5.41, 5.74) is 0. The summed E-state index contributed by atoms with van der Waals surface area (Å²) in [7, 11) is 2.25. The number of hydrogen-bond acceptors (Lipinski definition) is 3. The summed E-state index contributed by atoms with van der Waals surface area (Å²) >= 11 is 0. The molecule has 0 spiro atoms. The van der Waals surface area contributed by atoms with Crippen LogP contribution in [0.3, 0.4) is 0 Å². The smallest absolute Gasteiger partial charge is 0.0564 e. The minimum atomic E-state index is -0.0206. The minimum absolute atomic E-state index is 0.0206. The van der Waals surface area contributed by atoms with Crippen molar-refractivity contribution in [3.63, 3.8) is 0 Å². The molecule has 128 valence electrons. The monoisotopic (exact) mass is 300 g/mol. The molecule has 2 aliphatic rings. The highest BCUT2D eigenvalue weighted by Crippen LogP contribution is 2.23. The molecule has 3 nitrogen and oxygen atoms in total. The van der Waals surface area contributed by atoms with Crippen molar-refractivity contribution in [1.82, 2.24) is 9.80 Å². The van der Waals surface area contributed by atoms with E-state index in [1.54, 1.807) is 0 Å². The standard InChI is InChI=1S/C9H19N.C7H15NO.C2H6/c1-8(2)7-10(3)9-5-4-6-9;1-2-8-5-3-7(9)4-6-8;1-2/h8-9H,4-7H2,1-3H3;7,9H,2-6H2,1H3;1-2H3. The van der Waals surface area contributed by atoms with Crippen molar-refractivity contribution in [2.24, 2.45) is 5.92 Å². The van der Waals surface area contributed by atoms with Gasteiger partial charge < -0.3 is 14.9 Å². The average Bonchev–Trinajstić information content (AvgIpc) is 2.40. The zero-order chi connectivity index (χ0) is 16.3. The van der Waals surface area contributed by atoms with E-state index >= 15 is 0 Å². The predicted octanol–water partition coefficient (Wildman–Crippen LogP) is 3.62. The molecule has 1 heterocycles. The highest BCUT2D eigenvalue weighted by Gasteiger charge is 2.21. The Morgan fingerprint density at radius 2 is 1.62 bits per heavy atom. The summed E-state index contributed by atoms with van der Waals surface area (Å²) in [5, 5.41) is 9.10. The van der Waals surface area contributed by atoms with Gasteiger partial charge in [0, 0.05) is 25.7 Å². The Labute approximate surface area is 133 Å². The summed E-state index contributed by atoms with van der Waals surface area (Å²) in [6, 6.07) is 0.919. The summed E-state index contributed by atoms with van der Waals surface area (Å²) in [4.78, 5) is 4.88. The SMILES string of the molecule is CC.CC(C)CN(C)C1CCC1.CCN1CCC(O)CC1. The first-order chi connectivity index (χ1) is 10.0. The molecule has 0 radical (unpaired) electrons. The fraction of sp³-hybridized carbons (Fsp3) is 1.00. The number of aliphatic hydroxyl groups excluding tert-OH is 1. The van der Waals surface area contributed by atoms with Gasteiger partial charge in [-0.05, 0) is 45.2 Å². The third-order valence-electron chi connectivity index (χ3n) is 4.36. The van der Waals surface area contributed by atoms with E-state index in [-0.39, 0.29) is 6.10 Å². The summed E-state index contributed by atoms with van der Waals surface area (Å²) in [6.07, 6.45) is 6.23. The molecule has 0 atom stereocenters. The Morgan fingerprint density at radius 3 is 1.95 bits per heavy atom. The predicted molar refractivity (Wildman–Crippen MR) is 93.8 cm³/mol. The van der Waals surface area contributed by atoms with Gasteiger partial charge in [-0.2, -0.15) is 0 Å². The molecule has 0 aromatic rings. The third kappa shape index (κ3) is 9.49. The van der Waals surface area contributed by atoms with Gasteiger partial charge in [0.1, 0.15) is 0 Å². The van der Waals surface area contributed by atoms with Gasteiger partial charge in [0.2, 0.25) is 0 Å². The second-order valence-electron chi connectivity index (χ2n) is 6.58. The van der Waals surface area contributed by atoms with Crippen LogP contribution in [-0.4, -0.2) is 60.3 Å². The number of aliphatic hydroxyl groups is 1. The largest absolute Gasteiger partial charge is 0.393 e. The van der Waals surface area contributed by atoms with Crippen LogP contribution in [0.1, 0.15) is 66.7 Å². The van der Waals surface area contributed by atoms with Gasteiger partial charge in [-0.25, -0.2) is 0 Å². The highest BCUT2D eigenvalue weighted by molar-refractivity contribution is 4.78. The lowest BCUT2D eigenvalue weighted by Gasteiger charge is -2.35. The molecule has 2 rings (SSSR count). The molecule has 0 aromatic carbocycles. The lowest BCUT2D eigenvalue weighted by Crippen LogP contribution is -2.39. The highest BCUT2D eigenvalue weighted by atomic mass is 16.3. The normalized spacial score (nSPS) is 20.4. The maximum absolute atomic E-state index is 9.10. The van der Waals surface area contributed by atoms with E-state index in [9.17, 15) is 0 Å². The fourth-order valence-corrected chi connectivity index (χ4v) is 2.79. The van der Waals surface area contributed by atoms with Crippen molar-refractivity contribution in [1.29, 1.82) is 0 Å². The molecule has 0 unspecified atom stereocenters. The number of hydrogen-bond donors (Lipinski definition) is 1. The van der Waals surface area contributed by atoms with E-state index in [0.717, 1.165) is 44.4 Å². The lowest BCUT2D eigenvalue weighted by molar-refractivity contribution is 0.0852. The van der Waals surface area contributed by atoms with Gasteiger partial charge >= 0.3 is 0 Å². The second kappa shape index (κ2) is 12.4. The Balaban J connectivity index is 0.000000342. The first-order valence-corrected chi connectivity index (χ1v) is 9.13. The minimum Gasteiger partial charge on any atom is -0.393 e. The van der Waals surface area contributed by atoms with Gasteiger partial charge in [-0.1, -0.05) is 41.0 Å². The van der Waals surface area contributed by atoms with Crippen molar-refractivity contribution in [2.45, 2.75) is 78.9 Å². The summed E-state index contributed by atoms with van der Waals surface area (Å²) in [6.45, 7) is 15.3. The Kier molecular flexibility index (Phi) is 12.4. The van der Waals surface area contributed by atoms with E-state index in [1.807, 2.05) is 13.8 Å². The molecule has 1 saturated carbocycles. The van der Waals surface area contributed by atoms with Crippen LogP contribution in [0.2, 0.25) is 0 Å². The molecule has 21 heavy (non-hydrogen) atoms. The molecule has 1 N–H and O–H groups in total. The van der Waals surface area contributed by atoms with Gasteiger partial charge in [0.15, 0.2) is 0 Å². The molecule has 3 heteroatoms. The maximum atomic E-state index is 9.10. The van der Waals surface area contributed by atoms with Crippen molar-refractivity contribution in [3.05, 3.63) is 0 Å². The van der Waals surface area contributed by atoms with E-state index < -0.39 is 0 Å². The zero-order valence-corrected chi connectivity index (χ0v) is 15.4. The van der Waals surface area contributed by atoms with E-state index in [1.165, 1.54) is 25.8 Å². The van der Waals surface area contributed by atoms with Gasteiger partial charge in [0.05, 0.1) is 6.10 Å². The van der Waals surface area contributed by atoms with Gasteiger partial charge in [-0.15, -0.1) is 0 Å². The molecule has 0 aromatic heterocycles. The Morgan fingerprint density at radius 1 is 1.10 bits per heavy atom. The number of piperidine rings is 1. The van der Waals surface area contributed by atoms with Crippen LogP contribution in [0.25, 0.3) is 0 Å². The van der Waals surface area contributed by atoms with Crippen molar-refractivity contribution < 1.29 is 5.11 Å². The van der Waals surface area contributed by atoms with Crippen LogP contribution >= 0.6 is 0 Å². The quantitative estimate of drug-likeness (QED) is 0.859. The molecular weight excluding hydrogens is 260 g/mol. The van der Waals surface area contributed by atoms with E-state index in [0.29, 0.717) is 0 Å². The van der Waals surface area contributed by atoms with Crippen LogP contribution < -0.4 is 0 Å². The zero-order valence-electron chi connectivity index (χ0n) is 15.4. The number of rotatable bonds is 4. The third-order valence-corrected chi connectivity index (χ3v) is 4.36. The average molecular weight is 301 g/mol. The van der Waals surface area contributed by atoms with Crippen molar-refractivity contribution in [2.75, 3.05) is 33.2 Å². The number of nitrogens with zero attached hydrogens (tertiary/aromatic N) is 2. The first-order valence-electron chi connectivity index (χ1n) is 9.13. The number of likely N-dealkylation sites (tertiary alicyclic amines) is 1. The first kappa shape index (κ1) is 20.9. The van der Waals surface area contributed by atoms with Crippen molar-refractivity contribution >= 4 is 0 Å². The van der Waals surface area contributed by atoms with E-state index in [4.69, 9.17) is 5.11 Å². The van der Waals surface area contributed by atoms with Gasteiger partial charge in [0.25, 0.3) is 0 Å². The molecule has 1 aliphatic heterocycles. The van der Waals surface area contributed by atoms with Crippen molar-refractivity contribution in [3.8, 4) is 0 Å². The molecule has 2 fully saturated rings. The fourth-order valence-electron chi connectivity index (χ4n) is 2.79. The van der Waals surface area contributed by atoms with Crippen LogP contribution in [0.15, 0.2) is 0 Å². The van der Waals surface area contributed by atoms with Crippen LogP contribution in [0.4, 0.5) is 0 Å². The maximum Gasteiger partial charge on any atom is 0.0564 e. The van der Waals surface area contributed by atoms with Crippen LogP contribution in [-0.2, 0) is 0 Å². The second-order valence-corrected chi connectivity index (χ2v) is 6.58. The Bertz CT molecular complexity index is 221. The summed E-state index contributed by atoms with van der Waals surface area (Å²) in [5.74, 6) is 0.825. The molecule has 1 saturated heterocycles.